The number of carbonyl (C=O) groups is 3. The molecule has 0 unspecified atom stereocenters. The molecule has 8 N–H and O–H groups in total. The Morgan fingerprint density at radius 2 is 1.72 bits per heavy atom. The van der Waals surface area contributed by atoms with Crippen molar-refractivity contribution in [1.82, 2.24) is 4.90 Å². The summed E-state index contributed by atoms with van der Waals surface area (Å²) in [5.74, 6) is -0.833. The molecule has 3 aliphatic rings. The van der Waals surface area contributed by atoms with E-state index in [2.05, 4.69) is 11.8 Å². The van der Waals surface area contributed by atoms with Gasteiger partial charge in [-0.05, 0) is 74.8 Å². The third kappa shape index (κ3) is 3.78. The molecule has 1 amide bonds. The molecule has 5 rings (SSSR count). The highest BCUT2D eigenvalue weighted by molar-refractivity contribution is 6.24. The molecule has 0 radical (unpaired) electrons. The van der Waals surface area contributed by atoms with Gasteiger partial charge in [-0.25, -0.2) is 0 Å². The maximum atomic E-state index is 13.9. The Morgan fingerprint density at radius 3 is 2.33 bits per heavy atom. The number of primary amides is 1. The fraction of sp³-hybridized carbons (Fsp3) is 0.276. The van der Waals surface area contributed by atoms with Crippen molar-refractivity contribution in [2.75, 3.05) is 19.8 Å². The van der Waals surface area contributed by atoms with Crippen molar-refractivity contribution in [2.24, 2.45) is 17.6 Å². The topological polar surface area (TPSA) is 187 Å². The van der Waals surface area contributed by atoms with E-state index in [1.54, 1.807) is 44.4 Å². The number of fused-ring (bicyclic) bond motifs is 3. The number of hydrogen-bond donors (Lipinski definition) is 6. The number of amides is 1. The van der Waals surface area contributed by atoms with E-state index in [9.17, 15) is 34.8 Å². The van der Waals surface area contributed by atoms with Gasteiger partial charge in [-0.15, -0.1) is 0 Å². The number of likely N-dealkylation sites (N-methyl/N-ethyl adjacent to an activating group) is 1. The molecule has 0 bridgehead atoms. The van der Waals surface area contributed by atoms with Crippen LogP contribution in [0.25, 0.3) is 5.76 Å². The smallest absolute Gasteiger partial charge is 0.255 e. The number of benzene rings is 2. The third-order valence-corrected chi connectivity index (χ3v) is 7.86. The van der Waals surface area contributed by atoms with E-state index in [0.29, 0.717) is 22.4 Å². The molecular weight excluding hydrogens is 502 g/mol. The van der Waals surface area contributed by atoms with Crippen LogP contribution in [0.3, 0.4) is 0 Å². The van der Waals surface area contributed by atoms with E-state index >= 15 is 0 Å². The van der Waals surface area contributed by atoms with Gasteiger partial charge in [0.1, 0.15) is 22.8 Å². The van der Waals surface area contributed by atoms with Gasteiger partial charge in [0.05, 0.1) is 11.6 Å². The first kappa shape index (κ1) is 26.0. The number of carbonyl (C=O) groups excluding carboxylic acids is 3. The third-order valence-electron chi connectivity index (χ3n) is 7.86. The normalized spacial score (nSPS) is 26.0. The van der Waals surface area contributed by atoms with Crippen molar-refractivity contribution in [1.29, 1.82) is 0 Å². The number of Topliss-reactive ketones (excluding diaryl/α,β-unsaturated/α-hetero) is 2. The van der Waals surface area contributed by atoms with Gasteiger partial charge < -0.3 is 31.9 Å². The molecule has 2 aromatic carbocycles. The number of hydrogen-bond acceptors (Lipinski definition) is 9. The highest BCUT2D eigenvalue weighted by Gasteiger charge is 2.64. The molecule has 3 aliphatic carbocycles. The molecule has 39 heavy (non-hydrogen) atoms. The molecule has 4 atom stereocenters. The summed E-state index contributed by atoms with van der Waals surface area (Å²) in [4.78, 5) is 40.6. The standard InChI is InChI=1S/C29H27N3O7/c1-32(2)23-18-12-15-11-17-14(6-3-13-4-8-16(30)9-5-13)7-10-19(33)21(17)24(34)20(15)26(36)29(18,39)27(37)22(25(23)35)28(31)38/h4-5,7-10,15,18,23,33-34,37,39H,11-12,30H2,1-2H3,(H2,31,38)/t15-,18-,23-,29-/m0/s1. The summed E-state index contributed by atoms with van der Waals surface area (Å²) in [6, 6.07) is 8.75. The van der Waals surface area contributed by atoms with Crippen LogP contribution in [0.1, 0.15) is 28.7 Å². The van der Waals surface area contributed by atoms with Crippen LogP contribution in [-0.4, -0.2) is 68.5 Å². The van der Waals surface area contributed by atoms with E-state index < -0.39 is 58.0 Å². The summed E-state index contributed by atoms with van der Waals surface area (Å²) in [7, 11) is 3.10. The minimum absolute atomic E-state index is 0.00426. The first-order chi connectivity index (χ1) is 18.4. The molecule has 0 aliphatic heterocycles. The SMILES string of the molecule is CN(C)[C@@H]1C(=O)C(C(N)=O)=C(O)[C@@]2(O)C(=O)C3=C(O)c4c(O)ccc(C#Cc5ccc(N)cc5)c4C[C@H]3C[C@@H]12. The Balaban J connectivity index is 1.68. The molecule has 1 saturated carbocycles. The van der Waals surface area contributed by atoms with Crippen LogP contribution in [0.15, 0.2) is 53.3 Å². The number of nitrogens with two attached hydrogens (primary N) is 2. The van der Waals surface area contributed by atoms with Gasteiger partial charge in [0.25, 0.3) is 5.91 Å². The Kier molecular flexibility index (Phi) is 6.01. The second kappa shape index (κ2) is 9.01. The number of aromatic hydroxyl groups is 1. The van der Waals surface area contributed by atoms with Crippen molar-refractivity contribution in [2.45, 2.75) is 24.5 Å². The fourth-order valence-electron chi connectivity index (χ4n) is 6.07. The lowest BCUT2D eigenvalue weighted by molar-refractivity contribution is -0.153. The van der Waals surface area contributed by atoms with Crippen LogP contribution in [-0.2, 0) is 20.8 Å². The Hall–Kier alpha value is -4.59. The van der Waals surface area contributed by atoms with E-state index in [0.717, 1.165) is 0 Å². The van der Waals surface area contributed by atoms with Crippen LogP contribution in [0, 0.1) is 23.7 Å². The number of nitrogens with zero attached hydrogens (tertiary/aromatic N) is 1. The Morgan fingerprint density at radius 1 is 1.05 bits per heavy atom. The van der Waals surface area contributed by atoms with Crippen molar-refractivity contribution < 1.29 is 34.8 Å². The molecule has 1 fully saturated rings. The first-order valence-electron chi connectivity index (χ1n) is 12.2. The predicted molar refractivity (Wildman–Crippen MR) is 141 cm³/mol. The fourth-order valence-corrected chi connectivity index (χ4v) is 6.07. The summed E-state index contributed by atoms with van der Waals surface area (Å²) in [6.07, 6.45) is 0.168. The zero-order valence-corrected chi connectivity index (χ0v) is 21.2. The van der Waals surface area contributed by atoms with Crippen molar-refractivity contribution in [3.63, 3.8) is 0 Å². The molecule has 0 spiro atoms. The minimum Gasteiger partial charge on any atom is -0.508 e. The number of phenols is 1. The number of aliphatic hydroxyl groups is 3. The number of nitrogen functional groups attached to an aromatic ring is 1. The van der Waals surface area contributed by atoms with Crippen LogP contribution >= 0.6 is 0 Å². The number of ketones is 2. The second-order valence-electron chi connectivity index (χ2n) is 10.3. The zero-order valence-electron chi connectivity index (χ0n) is 21.2. The Labute approximate surface area is 223 Å². The summed E-state index contributed by atoms with van der Waals surface area (Å²) in [6.45, 7) is 0. The van der Waals surface area contributed by atoms with Gasteiger partial charge in [-0.2, -0.15) is 0 Å². The average Bonchev–Trinajstić information content (AvgIpc) is 2.86. The molecule has 200 valence electrons. The van der Waals surface area contributed by atoms with Gasteiger partial charge in [-0.1, -0.05) is 11.8 Å². The lowest BCUT2D eigenvalue weighted by atomic mass is 9.57. The van der Waals surface area contributed by atoms with E-state index in [1.807, 2.05) is 0 Å². The van der Waals surface area contributed by atoms with Crippen LogP contribution in [0.5, 0.6) is 5.75 Å². The van der Waals surface area contributed by atoms with Crippen LogP contribution < -0.4 is 11.5 Å². The zero-order chi connectivity index (χ0) is 28.4. The van der Waals surface area contributed by atoms with Crippen molar-refractivity contribution in [3.8, 4) is 17.6 Å². The maximum absolute atomic E-state index is 13.9. The van der Waals surface area contributed by atoms with Crippen LogP contribution in [0.4, 0.5) is 5.69 Å². The molecule has 0 saturated heterocycles. The number of anilines is 1. The lowest BCUT2D eigenvalue weighted by Gasteiger charge is -2.50. The van der Waals surface area contributed by atoms with E-state index in [4.69, 9.17) is 11.5 Å². The van der Waals surface area contributed by atoms with E-state index in [-0.39, 0.29) is 29.7 Å². The quantitative estimate of drug-likeness (QED) is 0.187. The van der Waals surface area contributed by atoms with Gasteiger partial charge in [0.2, 0.25) is 5.78 Å². The lowest BCUT2D eigenvalue weighted by Crippen LogP contribution is -2.65. The predicted octanol–water partition coefficient (Wildman–Crippen LogP) is 0.946. The van der Waals surface area contributed by atoms with E-state index in [1.165, 1.54) is 11.0 Å². The number of phenolic OH excluding ortho intramolecular Hbond substituents is 1. The van der Waals surface area contributed by atoms with Gasteiger partial charge in [-0.3, -0.25) is 19.3 Å². The van der Waals surface area contributed by atoms with Crippen LogP contribution in [0.2, 0.25) is 0 Å². The number of aliphatic hydroxyl groups excluding tert-OH is 2. The maximum Gasteiger partial charge on any atom is 0.255 e. The average molecular weight is 530 g/mol. The second-order valence-corrected chi connectivity index (χ2v) is 10.3. The molecular formula is C29H27N3O7. The summed E-state index contributed by atoms with van der Waals surface area (Å²) < 4.78 is 0. The van der Waals surface area contributed by atoms with Gasteiger partial charge in [0, 0.05) is 28.3 Å². The Bertz CT molecular complexity index is 1580. The molecule has 10 nitrogen and oxygen atoms in total. The monoisotopic (exact) mass is 529 g/mol. The highest BCUT2D eigenvalue weighted by atomic mass is 16.3. The van der Waals surface area contributed by atoms with Crippen molar-refractivity contribution >= 4 is 28.9 Å². The molecule has 0 heterocycles. The largest absolute Gasteiger partial charge is 0.508 e. The van der Waals surface area contributed by atoms with Gasteiger partial charge >= 0.3 is 0 Å². The highest BCUT2D eigenvalue weighted by Crippen LogP contribution is 2.52. The molecule has 2 aromatic rings. The molecule has 10 heteroatoms. The number of rotatable bonds is 2. The summed E-state index contributed by atoms with van der Waals surface area (Å²) in [5.41, 5.74) is 9.65. The molecule has 0 aromatic heterocycles. The van der Waals surface area contributed by atoms with Gasteiger partial charge in [0.15, 0.2) is 11.4 Å². The first-order valence-corrected chi connectivity index (χ1v) is 12.2. The minimum atomic E-state index is -2.67. The summed E-state index contributed by atoms with van der Waals surface area (Å²) >= 11 is 0. The van der Waals surface area contributed by atoms with Crippen molar-refractivity contribution in [3.05, 3.63) is 75.6 Å². The summed E-state index contributed by atoms with van der Waals surface area (Å²) in [5, 5.41) is 44.5.